The summed E-state index contributed by atoms with van der Waals surface area (Å²) in [6.07, 6.45) is 2.41. The van der Waals surface area contributed by atoms with Crippen molar-refractivity contribution in [2.45, 2.75) is 11.3 Å². The number of thioether (sulfide) groups is 1. The minimum atomic E-state index is 0.0556. The molecule has 76 valence electrons. The molecule has 0 saturated carbocycles. The van der Waals surface area contributed by atoms with Gasteiger partial charge in [0.05, 0.1) is 5.88 Å². The molecule has 0 amide bonds. The third-order valence-electron chi connectivity index (χ3n) is 1.79. The number of carbonyl (C=O) groups is 1. The van der Waals surface area contributed by atoms with Gasteiger partial charge in [-0.1, -0.05) is 12.1 Å². The molecule has 0 N–H and O–H groups in total. The Labute approximate surface area is 101 Å². The van der Waals surface area contributed by atoms with Crippen LogP contribution >= 0.6 is 39.3 Å². The van der Waals surface area contributed by atoms with Crippen LogP contribution in [0.4, 0.5) is 0 Å². The first-order valence-corrected chi connectivity index (χ1v) is 6.63. The Balaban J connectivity index is 2.96. The van der Waals surface area contributed by atoms with Crippen LogP contribution in [0.3, 0.4) is 0 Å². The van der Waals surface area contributed by atoms with Gasteiger partial charge < -0.3 is 0 Å². The van der Waals surface area contributed by atoms with Crippen LogP contribution in [-0.4, -0.2) is 17.9 Å². The maximum Gasteiger partial charge on any atom is 0.151 e. The van der Waals surface area contributed by atoms with Gasteiger partial charge in [-0.25, -0.2) is 0 Å². The first kappa shape index (κ1) is 12.1. The fraction of sp³-hybridized carbons (Fsp3) is 0.300. The van der Waals surface area contributed by atoms with E-state index in [-0.39, 0.29) is 11.7 Å². The lowest BCUT2D eigenvalue weighted by molar-refractivity contribution is -0.116. The van der Waals surface area contributed by atoms with E-state index in [9.17, 15) is 4.79 Å². The maximum atomic E-state index is 11.2. The topological polar surface area (TPSA) is 17.1 Å². The molecule has 0 aliphatic carbocycles. The predicted octanol–water partition coefficient (Wildman–Crippen LogP) is 3.52. The summed E-state index contributed by atoms with van der Waals surface area (Å²) in [5.41, 5.74) is 1.04. The maximum absolute atomic E-state index is 11.2. The van der Waals surface area contributed by atoms with Gasteiger partial charge in [-0.3, -0.25) is 4.79 Å². The summed E-state index contributed by atoms with van der Waals surface area (Å²) >= 11 is 10.6. The smallest absolute Gasteiger partial charge is 0.151 e. The number of ketones is 1. The molecule has 0 aromatic heterocycles. The first-order valence-electron chi connectivity index (χ1n) is 4.08. The molecule has 1 aromatic carbocycles. The van der Waals surface area contributed by atoms with Crippen LogP contribution in [0.1, 0.15) is 5.56 Å². The van der Waals surface area contributed by atoms with Crippen LogP contribution in [0.15, 0.2) is 27.6 Å². The van der Waals surface area contributed by atoms with Gasteiger partial charge in [0, 0.05) is 15.8 Å². The highest BCUT2D eigenvalue weighted by Gasteiger charge is 2.08. The van der Waals surface area contributed by atoms with E-state index in [4.69, 9.17) is 11.6 Å². The summed E-state index contributed by atoms with van der Waals surface area (Å²) < 4.78 is 1.03. The van der Waals surface area contributed by atoms with E-state index < -0.39 is 0 Å². The molecular weight excluding hydrogens is 284 g/mol. The number of rotatable bonds is 4. The van der Waals surface area contributed by atoms with Crippen molar-refractivity contribution in [3.8, 4) is 0 Å². The average molecular weight is 294 g/mol. The predicted molar refractivity (Wildman–Crippen MR) is 65.4 cm³/mol. The van der Waals surface area contributed by atoms with E-state index in [1.807, 2.05) is 24.5 Å². The molecule has 0 heterocycles. The molecule has 0 aliphatic heterocycles. The van der Waals surface area contributed by atoms with E-state index >= 15 is 0 Å². The second-order valence-electron chi connectivity index (χ2n) is 2.78. The van der Waals surface area contributed by atoms with E-state index in [1.165, 1.54) is 0 Å². The quantitative estimate of drug-likeness (QED) is 0.624. The number of Topliss-reactive ketones (excluding diaryl/α,β-unsaturated/α-hetero) is 1. The van der Waals surface area contributed by atoms with Gasteiger partial charge in [-0.2, -0.15) is 0 Å². The van der Waals surface area contributed by atoms with E-state index in [1.54, 1.807) is 11.8 Å². The van der Waals surface area contributed by atoms with Crippen molar-refractivity contribution in [1.82, 2.24) is 0 Å². The molecule has 0 aliphatic rings. The Morgan fingerprint density at radius 2 is 2.29 bits per heavy atom. The lowest BCUT2D eigenvalue weighted by Gasteiger charge is -2.07. The number of hydrogen-bond donors (Lipinski definition) is 0. The molecule has 1 nitrogen and oxygen atoms in total. The average Bonchev–Trinajstić information content (AvgIpc) is 2.18. The summed E-state index contributed by atoms with van der Waals surface area (Å²) in [6, 6.07) is 5.86. The van der Waals surface area contributed by atoms with Crippen molar-refractivity contribution in [2.75, 3.05) is 12.1 Å². The molecule has 0 saturated heterocycles. The SMILES string of the molecule is CSc1c(Br)cccc1CC(=O)CCl. The summed E-state index contributed by atoms with van der Waals surface area (Å²) in [5, 5.41) is 0. The van der Waals surface area contributed by atoms with E-state index in [0.29, 0.717) is 6.42 Å². The number of halogens is 2. The highest BCUT2D eigenvalue weighted by atomic mass is 79.9. The molecule has 1 aromatic rings. The van der Waals surface area contributed by atoms with Gasteiger partial charge in [0.2, 0.25) is 0 Å². The Bertz CT molecular complexity index is 341. The Morgan fingerprint density at radius 1 is 1.57 bits per heavy atom. The van der Waals surface area contributed by atoms with Crippen LogP contribution in [-0.2, 0) is 11.2 Å². The Morgan fingerprint density at radius 3 is 2.86 bits per heavy atom. The number of carbonyl (C=O) groups excluding carboxylic acids is 1. The van der Waals surface area contributed by atoms with Crippen molar-refractivity contribution in [3.63, 3.8) is 0 Å². The van der Waals surface area contributed by atoms with Crippen molar-refractivity contribution < 1.29 is 4.79 Å². The summed E-state index contributed by atoms with van der Waals surface area (Å²) in [4.78, 5) is 12.3. The van der Waals surface area contributed by atoms with Crippen LogP contribution in [0.5, 0.6) is 0 Å². The second-order valence-corrected chi connectivity index (χ2v) is 4.72. The van der Waals surface area contributed by atoms with Gasteiger partial charge >= 0.3 is 0 Å². The third-order valence-corrected chi connectivity index (χ3v) is 3.90. The molecule has 0 fully saturated rings. The van der Waals surface area contributed by atoms with Gasteiger partial charge in [-0.05, 0) is 33.8 Å². The number of hydrogen-bond acceptors (Lipinski definition) is 2. The van der Waals surface area contributed by atoms with Gasteiger partial charge in [0.25, 0.3) is 0 Å². The Kier molecular flexibility index (Phi) is 4.99. The van der Waals surface area contributed by atoms with Crippen LogP contribution in [0.25, 0.3) is 0 Å². The van der Waals surface area contributed by atoms with Crippen molar-refractivity contribution in [3.05, 3.63) is 28.2 Å². The Hall–Kier alpha value is 0.01000. The summed E-state index contributed by atoms with van der Waals surface area (Å²) in [5.74, 6) is 0.139. The highest BCUT2D eigenvalue weighted by Crippen LogP contribution is 2.29. The summed E-state index contributed by atoms with van der Waals surface area (Å²) in [6.45, 7) is 0. The van der Waals surface area contributed by atoms with Crippen molar-refractivity contribution in [2.24, 2.45) is 0 Å². The lowest BCUT2D eigenvalue weighted by Crippen LogP contribution is -2.04. The van der Waals surface area contributed by atoms with Gasteiger partial charge in [0.1, 0.15) is 0 Å². The fourth-order valence-corrected chi connectivity index (χ4v) is 2.83. The third kappa shape index (κ3) is 3.01. The van der Waals surface area contributed by atoms with Gasteiger partial charge in [-0.15, -0.1) is 23.4 Å². The van der Waals surface area contributed by atoms with Crippen molar-refractivity contribution in [1.29, 1.82) is 0 Å². The van der Waals surface area contributed by atoms with E-state index in [2.05, 4.69) is 15.9 Å². The zero-order chi connectivity index (χ0) is 10.6. The largest absolute Gasteiger partial charge is 0.298 e. The molecule has 0 radical (unpaired) electrons. The molecule has 1 rings (SSSR count). The fourth-order valence-electron chi connectivity index (χ4n) is 1.18. The molecule has 14 heavy (non-hydrogen) atoms. The minimum absolute atomic E-state index is 0.0556. The minimum Gasteiger partial charge on any atom is -0.298 e. The monoisotopic (exact) mass is 292 g/mol. The van der Waals surface area contributed by atoms with Crippen LogP contribution in [0.2, 0.25) is 0 Å². The van der Waals surface area contributed by atoms with Crippen LogP contribution < -0.4 is 0 Å². The van der Waals surface area contributed by atoms with Gasteiger partial charge in [0.15, 0.2) is 5.78 Å². The molecular formula is C10H10BrClOS. The number of benzene rings is 1. The normalized spacial score (nSPS) is 10.2. The molecule has 4 heteroatoms. The highest BCUT2D eigenvalue weighted by molar-refractivity contribution is 9.10. The summed E-state index contributed by atoms with van der Waals surface area (Å²) in [7, 11) is 0. The molecule has 0 atom stereocenters. The molecule has 0 unspecified atom stereocenters. The molecule has 0 spiro atoms. The second kappa shape index (κ2) is 5.79. The van der Waals surface area contributed by atoms with Crippen molar-refractivity contribution >= 4 is 45.1 Å². The standard InChI is InChI=1S/C10H10BrClOS/c1-14-10-7(5-8(13)6-12)3-2-4-9(10)11/h2-4H,5-6H2,1H3. The van der Waals surface area contributed by atoms with E-state index in [0.717, 1.165) is 14.9 Å². The lowest BCUT2D eigenvalue weighted by atomic mass is 10.1. The zero-order valence-electron chi connectivity index (χ0n) is 7.72. The zero-order valence-corrected chi connectivity index (χ0v) is 10.9. The van der Waals surface area contributed by atoms with Crippen LogP contribution in [0, 0.1) is 0 Å². The molecule has 0 bridgehead atoms. The number of alkyl halides is 1. The first-order chi connectivity index (χ1) is 6.69.